The number of benzene rings is 1. The molecule has 1 aliphatic heterocycles. The average molecular weight is 255 g/mol. The molecule has 1 heterocycles. The Hall–Kier alpha value is -1.26. The lowest BCUT2D eigenvalue weighted by Crippen LogP contribution is -2.31. The molecule has 1 aromatic rings. The summed E-state index contributed by atoms with van der Waals surface area (Å²) in [5.74, 6) is 0.258. The highest BCUT2D eigenvalue weighted by Crippen LogP contribution is 2.23. The third-order valence-corrected chi connectivity index (χ3v) is 3.15. The van der Waals surface area contributed by atoms with Crippen molar-refractivity contribution in [3.63, 3.8) is 0 Å². The van der Waals surface area contributed by atoms with Gasteiger partial charge < -0.3 is 15.7 Å². The Morgan fingerprint density at radius 3 is 3.12 bits per heavy atom. The predicted octanol–water partition coefficient (Wildman–Crippen LogP) is 0.871. The van der Waals surface area contributed by atoms with Gasteiger partial charge in [-0.2, -0.15) is 0 Å². The lowest BCUT2D eigenvalue weighted by atomic mass is 9.99. The van der Waals surface area contributed by atoms with E-state index in [9.17, 15) is 9.90 Å². The normalized spacial score (nSPS) is 16.0. The van der Waals surface area contributed by atoms with Gasteiger partial charge in [0.1, 0.15) is 0 Å². The maximum absolute atomic E-state index is 11.3. The number of nitrogens with one attached hydrogen (secondary N) is 2. The zero-order chi connectivity index (χ0) is 12.3. The minimum Gasteiger partial charge on any atom is -0.390 e. The van der Waals surface area contributed by atoms with Crippen LogP contribution in [0.3, 0.4) is 0 Å². The van der Waals surface area contributed by atoms with Gasteiger partial charge in [0.15, 0.2) is 0 Å². The lowest BCUT2D eigenvalue weighted by Gasteiger charge is -2.21. The second-order valence-corrected chi connectivity index (χ2v) is 4.39. The summed E-state index contributed by atoms with van der Waals surface area (Å²) in [7, 11) is 0. The van der Waals surface area contributed by atoms with E-state index in [1.165, 1.54) is 0 Å². The van der Waals surface area contributed by atoms with Gasteiger partial charge in [-0.15, -0.1) is 11.6 Å². The number of halogens is 1. The molecule has 3 N–H and O–H groups in total. The second kappa shape index (κ2) is 5.38. The van der Waals surface area contributed by atoms with E-state index in [0.717, 1.165) is 16.8 Å². The molecule has 0 saturated carbocycles. The molecule has 5 heteroatoms. The van der Waals surface area contributed by atoms with Gasteiger partial charge in [0, 0.05) is 18.8 Å². The fourth-order valence-electron chi connectivity index (χ4n) is 1.88. The van der Waals surface area contributed by atoms with E-state index in [-0.39, 0.29) is 11.8 Å². The predicted molar refractivity (Wildman–Crippen MR) is 67.2 cm³/mol. The van der Waals surface area contributed by atoms with Crippen LogP contribution in [0.25, 0.3) is 0 Å². The molecule has 0 saturated heterocycles. The number of rotatable bonds is 4. The summed E-state index contributed by atoms with van der Waals surface area (Å²) in [4.78, 5) is 11.3. The maximum Gasteiger partial charge on any atom is 0.224 e. The van der Waals surface area contributed by atoms with Gasteiger partial charge in [0.05, 0.1) is 18.4 Å². The summed E-state index contributed by atoms with van der Waals surface area (Å²) in [6.45, 7) is 0.947. The molecule has 0 bridgehead atoms. The van der Waals surface area contributed by atoms with Crippen molar-refractivity contribution in [1.29, 1.82) is 0 Å². The first-order chi connectivity index (χ1) is 8.20. The second-order valence-electron chi connectivity index (χ2n) is 4.09. The van der Waals surface area contributed by atoms with E-state index in [2.05, 4.69) is 10.6 Å². The highest BCUT2D eigenvalue weighted by molar-refractivity contribution is 6.18. The summed E-state index contributed by atoms with van der Waals surface area (Å²) in [6.07, 6.45) is -0.145. The van der Waals surface area contributed by atoms with Gasteiger partial charge in [-0.05, 0) is 17.2 Å². The van der Waals surface area contributed by atoms with Crippen LogP contribution in [0.1, 0.15) is 11.1 Å². The van der Waals surface area contributed by atoms with Gasteiger partial charge in [0.25, 0.3) is 0 Å². The van der Waals surface area contributed by atoms with Crippen LogP contribution in [0.5, 0.6) is 0 Å². The fourth-order valence-corrected chi connectivity index (χ4v) is 1.99. The van der Waals surface area contributed by atoms with E-state index in [0.29, 0.717) is 19.5 Å². The van der Waals surface area contributed by atoms with Gasteiger partial charge in [-0.25, -0.2) is 0 Å². The van der Waals surface area contributed by atoms with E-state index in [1.807, 2.05) is 18.2 Å². The number of carbonyl (C=O) groups excluding carboxylic acids is 1. The van der Waals surface area contributed by atoms with E-state index in [4.69, 9.17) is 11.6 Å². The molecule has 2 rings (SSSR count). The molecule has 17 heavy (non-hydrogen) atoms. The van der Waals surface area contributed by atoms with Crippen molar-refractivity contribution in [3.8, 4) is 0 Å². The fraction of sp³-hybridized carbons (Fsp3) is 0.417. The zero-order valence-electron chi connectivity index (χ0n) is 9.37. The molecule has 1 aromatic carbocycles. The SMILES string of the molecule is O=C1Cc2cccc(NCC(O)CCl)c2CN1. The molecular weight excluding hydrogens is 240 g/mol. The minimum atomic E-state index is -0.564. The molecule has 92 valence electrons. The molecule has 1 amide bonds. The van der Waals surface area contributed by atoms with Crippen molar-refractivity contribution in [2.45, 2.75) is 19.1 Å². The number of hydrogen-bond donors (Lipinski definition) is 3. The number of aliphatic hydroxyl groups excluding tert-OH is 1. The number of anilines is 1. The summed E-state index contributed by atoms with van der Waals surface area (Å²) < 4.78 is 0. The summed E-state index contributed by atoms with van der Waals surface area (Å²) >= 11 is 5.53. The van der Waals surface area contributed by atoms with Crippen molar-refractivity contribution in [2.24, 2.45) is 0 Å². The maximum atomic E-state index is 11.3. The first-order valence-electron chi connectivity index (χ1n) is 5.56. The third-order valence-electron chi connectivity index (χ3n) is 2.79. The Morgan fingerprint density at radius 1 is 1.53 bits per heavy atom. The first kappa shape index (κ1) is 12.2. The van der Waals surface area contributed by atoms with Crippen molar-refractivity contribution in [1.82, 2.24) is 5.32 Å². The zero-order valence-corrected chi connectivity index (χ0v) is 10.1. The van der Waals surface area contributed by atoms with Crippen LogP contribution in [0.4, 0.5) is 5.69 Å². The van der Waals surface area contributed by atoms with Crippen molar-refractivity contribution >= 4 is 23.2 Å². The van der Waals surface area contributed by atoms with Crippen LogP contribution >= 0.6 is 11.6 Å². The van der Waals surface area contributed by atoms with Gasteiger partial charge in [-0.3, -0.25) is 4.79 Å². The quantitative estimate of drug-likeness (QED) is 0.699. The number of amides is 1. The van der Waals surface area contributed by atoms with Gasteiger partial charge >= 0.3 is 0 Å². The number of aliphatic hydroxyl groups is 1. The van der Waals surface area contributed by atoms with Crippen LogP contribution in [0.15, 0.2) is 18.2 Å². The first-order valence-corrected chi connectivity index (χ1v) is 6.09. The molecule has 0 aromatic heterocycles. The highest BCUT2D eigenvalue weighted by atomic mass is 35.5. The van der Waals surface area contributed by atoms with Crippen molar-refractivity contribution in [3.05, 3.63) is 29.3 Å². The van der Waals surface area contributed by atoms with E-state index in [1.54, 1.807) is 0 Å². The summed E-state index contributed by atoms with van der Waals surface area (Å²) in [6, 6.07) is 5.81. The highest BCUT2D eigenvalue weighted by Gasteiger charge is 2.17. The molecule has 4 nitrogen and oxygen atoms in total. The number of carbonyl (C=O) groups is 1. The Kier molecular flexibility index (Phi) is 3.86. The summed E-state index contributed by atoms with van der Waals surface area (Å²) in [5, 5.41) is 15.4. The topological polar surface area (TPSA) is 61.4 Å². The number of alkyl halides is 1. The van der Waals surface area contributed by atoms with Gasteiger partial charge in [-0.1, -0.05) is 12.1 Å². The molecule has 1 aliphatic rings. The van der Waals surface area contributed by atoms with E-state index >= 15 is 0 Å². The Bertz CT molecular complexity index is 423. The third kappa shape index (κ3) is 2.90. The largest absolute Gasteiger partial charge is 0.390 e. The number of fused-ring (bicyclic) bond motifs is 1. The Labute approximate surface area is 105 Å². The van der Waals surface area contributed by atoms with Crippen LogP contribution in [-0.4, -0.2) is 29.5 Å². The molecule has 1 unspecified atom stereocenters. The standard InChI is InChI=1S/C12H15ClN2O2/c13-5-9(16)6-14-11-3-1-2-8-4-12(17)15-7-10(8)11/h1-3,9,14,16H,4-7H2,(H,15,17). The molecule has 0 fully saturated rings. The molecule has 0 aliphatic carbocycles. The van der Waals surface area contributed by atoms with Crippen LogP contribution in [0.2, 0.25) is 0 Å². The van der Waals surface area contributed by atoms with Crippen LogP contribution in [0, 0.1) is 0 Å². The van der Waals surface area contributed by atoms with E-state index < -0.39 is 6.10 Å². The molecular formula is C12H15ClN2O2. The monoisotopic (exact) mass is 254 g/mol. The van der Waals surface area contributed by atoms with Crippen LogP contribution < -0.4 is 10.6 Å². The molecule has 0 radical (unpaired) electrons. The molecule has 1 atom stereocenters. The average Bonchev–Trinajstić information content (AvgIpc) is 2.35. The van der Waals surface area contributed by atoms with Crippen LogP contribution in [-0.2, 0) is 17.8 Å². The minimum absolute atomic E-state index is 0.0513. The Balaban J connectivity index is 2.13. The smallest absolute Gasteiger partial charge is 0.224 e. The summed E-state index contributed by atoms with van der Waals surface area (Å²) in [5.41, 5.74) is 3.08. The van der Waals surface area contributed by atoms with Crippen molar-refractivity contribution < 1.29 is 9.90 Å². The Morgan fingerprint density at radius 2 is 2.35 bits per heavy atom. The van der Waals surface area contributed by atoms with Gasteiger partial charge in [0.2, 0.25) is 5.91 Å². The number of hydrogen-bond acceptors (Lipinski definition) is 3. The molecule has 0 spiro atoms. The van der Waals surface area contributed by atoms with Crippen molar-refractivity contribution in [2.75, 3.05) is 17.7 Å². The lowest BCUT2D eigenvalue weighted by molar-refractivity contribution is -0.121.